The van der Waals surface area contributed by atoms with Crippen molar-refractivity contribution in [3.8, 4) is 27.6 Å². The first kappa shape index (κ1) is 17.3. The predicted octanol–water partition coefficient (Wildman–Crippen LogP) is 4.54. The smallest absolute Gasteiger partial charge is 0.165 e. The van der Waals surface area contributed by atoms with Crippen LogP contribution in [0.25, 0.3) is 27.6 Å². The van der Waals surface area contributed by atoms with Crippen molar-refractivity contribution in [2.45, 2.75) is 13.8 Å². The van der Waals surface area contributed by atoms with Gasteiger partial charge in [-0.15, -0.1) is 16.4 Å². The van der Waals surface area contributed by atoms with Crippen LogP contribution in [0, 0.1) is 25.5 Å². The lowest BCUT2D eigenvalue weighted by Gasteiger charge is -2.04. The highest BCUT2D eigenvalue weighted by Gasteiger charge is 2.19. The Morgan fingerprint density at radius 1 is 1.07 bits per heavy atom. The second-order valence-corrected chi connectivity index (χ2v) is 7.05. The fourth-order valence-corrected chi connectivity index (χ4v) is 3.69. The molecule has 0 unspecified atom stereocenters. The highest BCUT2D eigenvalue weighted by Crippen LogP contribution is 2.33. The van der Waals surface area contributed by atoms with E-state index in [-0.39, 0.29) is 11.5 Å². The van der Waals surface area contributed by atoms with Crippen molar-refractivity contribution in [1.29, 1.82) is 0 Å². The summed E-state index contributed by atoms with van der Waals surface area (Å²) in [6.07, 6.45) is 0. The normalized spacial score (nSPS) is 11.1. The van der Waals surface area contributed by atoms with Crippen molar-refractivity contribution in [3.63, 3.8) is 0 Å². The van der Waals surface area contributed by atoms with Gasteiger partial charge in [0.05, 0.1) is 5.69 Å². The van der Waals surface area contributed by atoms with Crippen LogP contribution in [0.4, 0.5) is 14.6 Å². The Morgan fingerprint density at radius 2 is 1.89 bits per heavy atom. The number of hydrogen-bond donors (Lipinski definition) is 1. The van der Waals surface area contributed by atoms with Crippen molar-refractivity contribution in [3.05, 3.63) is 64.5 Å². The molecular formula is C19H15F2N5S. The van der Waals surface area contributed by atoms with E-state index in [9.17, 15) is 8.78 Å². The molecule has 0 amide bonds. The first-order valence-electron chi connectivity index (χ1n) is 8.14. The lowest BCUT2D eigenvalue weighted by atomic mass is 10.0. The monoisotopic (exact) mass is 383 g/mol. The van der Waals surface area contributed by atoms with Gasteiger partial charge in [0, 0.05) is 17.0 Å². The first-order valence-corrected chi connectivity index (χ1v) is 9.02. The number of aryl methyl sites for hydroxylation is 2. The zero-order chi connectivity index (χ0) is 19.1. The maximum atomic E-state index is 14.0. The molecule has 0 saturated heterocycles. The molecule has 5 nitrogen and oxygen atoms in total. The summed E-state index contributed by atoms with van der Waals surface area (Å²) < 4.78 is 28.6. The molecule has 27 heavy (non-hydrogen) atoms. The zero-order valence-corrected chi connectivity index (χ0v) is 15.4. The number of rotatable bonds is 3. The Morgan fingerprint density at radius 3 is 2.67 bits per heavy atom. The van der Waals surface area contributed by atoms with Gasteiger partial charge in [0.15, 0.2) is 11.5 Å². The van der Waals surface area contributed by atoms with Crippen LogP contribution < -0.4 is 5.73 Å². The number of aromatic nitrogens is 4. The number of nitrogens with zero attached hydrogens (tertiary/aromatic N) is 4. The molecule has 8 heteroatoms. The molecule has 0 fully saturated rings. The van der Waals surface area contributed by atoms with Crippen LogP contribution in [0.15, 0.2) is 41.8 Å². The van der Waals surface area contributed by atoms with Crippen LogP contribution >= 0.6 is 11.3 Å². The maximum absolute atomic E-state index is 14.0. The molecule has 4 rings (SSSR count). The van der Waals surface area contributed by atoms with Gasteiger partial charge in [-0.2, -0.15) is 4.68 Å². The Kier molecular flexibility index (Phi) is 4.19. The standard InChI is InChI=1S/C19H15F2N5S/c1-10-3-5-13(11(2)7-10)15-9-27-19(23-15)17-18(22)26(25-24-17)16-8-12(20)4-6-14(16)21/h3-9H,22H2,1-2H3. The second-order valence-electron chi connectivity index (χ2n) is 6.19. The molecule has 0 saturated carbocycles. The molecule has 0 atom stereocenters. The molecule has 2 heterocycles. The Balaban J connectivity index is 1.75. The molecule has 136 valence electrons. The van der Waals surface area contributed by atoms with E-state index in [1.807, 2.05) is 31.4 Å². The van der Waals surface area contributed by atoms with Gasteiger partial charge in [-0.25, -0.2) is 13.8 Å². The van der Waals surface area contributed by atoms with Crippen LogP contribution in [0.1, 0.15) is 11.1 Å². The summed E-state index contributed by atoms with van der Waals surface area (Å²) in [6.45, 7) is 4.06. The van der Waals surface area contributed by atoms with E-state index in [1.165, 1.54) is 16.9 Å². The Labute approximate surface area is 158 Å². The lowest BCUT2D eigenvalue weighted by Crippen LogP contribution is -2.05. The minimum absolute atomic E-state index is 0.0982. The van der Waals surface area contributed by atoms with Gasteiger partial charge in [-0.1, -0.05) is 29.0 Å². The number of anilines is 1. The Hall–Kier alpha value is -3.13. The minimum Gasteiger partial charge on any atom is -0.382 e. The van der Waals surface area contributed by atoms with Crippen LogP contribution in [-0.4, -0.2) is 20.0 Å². The highest BCUT2D eigenvalue weighted by atomic mass is 32.1. The average molecular weight is 383 g/mol. The van der Waals surface area contributed by atoms with Crippen LogP contribution in [0.2, 0.25) is 0 Å². The quantitative estimate of drug-likeness (QED) is 0.564. The summed E-state index contributed by atoms with van der Waals surface area (Å²) in [7, 11) is 0. The summed E-state index contributed by atoms with van der Waals surface area (Å²) in [4.78, 5) is 4.60. The number of hydrogen-bond acceptors (Lipinski definition) is 5. The van der Waals surface area contributed by atoms with E-state index in [4.69, 9.17) is 5.73 Å². The fourth-order valence-electron chi connectivity index (χ4n) is 2.87. The van der Waals surface area contributed by atoms with Crippen LogP contribution in [0.3, 0.4) is 0 Å². The number of nitrogen functional groups attached to an aromatic ring is 1. The third-order valence-electron chi connectivity index (χ3n) is 4.21. The van der Waals surface area contributed by atoms with Gasteiger partial charge in [0.2, 0.25) is 0 Å². The van der Waals surface area contributed by atoms with E-state index >= 15 is 0 Å². The second kappa shape index (κ2) is 6.55. The summed E-state index contributed by atoms with van der Waals surface area (Å²) in [5.41, 5.74) is 10.4. The number of benzene rings is 2. The number of halogens is 2. The van der Waals surface area contributed by atoms with Gasteiger partial charge in [0.1, 0.15) is 22.3 Å². The van der Waals surface area contributed by atoms with Crippen molar-refractivity contribution >= 4 is 17.2 Å². The third kappa shape index (κ3) is 3.08. The molecule has 0 bridgehead atoms. The van der Waals surface area contributed by atoms with E-state index in [0.717, 1.165) is 39.7 Å². The minimum atomic E-state index is -0.644. The third-order valence-corrected chi connectivity index (χ3v) is 5.05. The molecule has 0 aliphatic carbocycles. The molecule has 0 spiro atoms. The summed E-state index contributed by atoms with van der Waals surface area (Å²) in [6, 6.07) is 9.21. The molecule has 2 aromatic heterocycles. The molecule has 0 aliphatic heterocycles. The lowest BCUT2D eigenvalue weighted by molar-refractivity contribution is 0.585. The SMILES string of the molecule is Cc1ccc(-c2csc(-c3nnn(-c4cc(F)ccc4F)c3N)n2)c(C)c1. The molecule has 4 aromatic rings. The highest BCUT2D eigenvalue weighted by molar-refractivity contribution is 7.13. The Bertz CT molecular complexity index is 1150. The number of thiazole rings is 1. The summed E-state index contributed by atoms with van der Waals surface area (Å²) in [5.74, 6) is -1.13. The molecule has 0 radical (unpaired) electrons. The van der Waals surface area contributed by atoms with Crippen LogP contribution in [-0.2, 0) is 0 Å². The molecule has 2 aromatic carbocycles. The number of nitrogens with two attached hydrogens (primary N) is 1. The van der Waals surface area contributed by atoms with E-state index in [0.29, 0.717) is 10.7 Å². The summed E-state index contributed by atoms with van der Waals surface area (Å²) in [5, 5.41) is 10.4. The molecule has 0 aliphatic rings. The van der Waals surface area contributed by atoms with Crippen molar-refractivity contribution in [2.75, 3.05) is 5.73 Å². The van der Waals surface area contributed by atoms with Gasteiger partial charge in [-0.05, 0) is 31.5 Å². The van der Waals surface area contributed by atoms with Gasteiger partial charge in [-0.3, -0.25) is 0 Å². The van der Waals surface area contributed by atoms with Gasteiger partial charge < -0.3 is 5.73 Å². The molecular weight excluding hydrogens is 368 g/mol. The average Bonchev–Trinajstić information content (AvgIpc) is 3.24. The van der Waals surface area contributed by atoms with E-state index in [2.05, 4.69) is 21.4 Å². The van der Waals surface area contributed by atoms with Crippen LogP contribution in [0.5, 0.6) is 0 Å². The first-order chi connectivity index (χ1) is 12.9. The fraction of sp³-hybridized carbons (Fsp3) is 0.105. The summed E-state index contributed by atoms with van der Waals surface area (Å²) >= 11 is 1.37. The predicted molar refractivity (Wildman–Crippen MR) is 102 cm³/mol. The topological polar surface area (TPSA) is 69.6 Å². The zero-order valence-electron chi connectivity index (χ0n) is 14.6. The van der Waals surface area contributed by atoms with E-state index in [1.54, 1.807) is 0 Å². The maximum Gasteiger partial charge on any atom is 0.165 e. The largest absolute Gasteiger partial charge is 0.382 e. The van der Waals surface area contributed by atoms with E-state index < -0.39 is 11.6 Å². The van der Waals surface area contributed by atoms with Gasteiger partial charge in [0.25, 0.3) is 0 Å². The van der Waals surface area contributed by atoms with Gasteiger partial charge >= 0.3 is 0 Å². The van der Waals surface area contributed by atoms with Crippen molar-refractivity contribution in [2.24, 2.45) is 0 Å². The molecule has 2 N–H and O–H groups in total. The van der Waals surface area contributed by atoms with Crippen molar-refractivity contribution in [1.82, 2.24) is 20.0 Å². The van der Waals surface area contributed by atoms with Crippen molar-refractivity contribution < 1.29 is 8.78 Å².